The van der Waals surface area contributed by atoms with Crippen LogP contribution in [0.1, 0.15) is 12.8 Å². The Bertz CT molecular complexity index is 201. The Morgan fingerprint density at radius 1 is 0.500 bits per heavy atom. The lowest BCUT2D eigenvalue weighted by Gasteiger charge is -2.07. The van der Waals surface area contributed by atoms with Gasteiger partial charge in [-0.1, -0.05) is 0 Å². The molecule has 0 saturated carbocycles. The van der Waals surface area contributed by atoms with Crippen molar-refractivity contribution in [3.05, 3.63) is 0 Å². The van der Waals surface area contributed by atoms with Gasteiger partial charge in [0.1, 0.15) is 0 Å². The molecular formula is C16H36O7Si. The van der Waals surface area contributed by atoms with Gasteiger partial charge in [-0.3, -0.25) is 0 Å². The van der Waals surface area contributed by atoms with E-state index in [0.29, 0.717) is 59.5 Å². The zero-order chi connectivity index (χ0) is 17.6. The second kappa shape index (κ2) is 22.9. The summed E-state index contributed by atoms with van der Waals surface area (Å²) in [6.45, 7) is 7.05. The summed E-state index contributed by atoms with van der Waals surface area (Å²) in [6, 6.07) is 1.19. The van der Waals surface area contributed by atoms with E-state index < -0.39 is 0 Å². The second-order valence-electron chi connectivity index (χ2n) is 5.11. The van der Waals surface area contributed by atoms with E-state index in [1.807, 2.05) is 0 Å². The van der Waals surface area contributed by atoms with Crippen LogP contribution in [0.4, 0.5) is 0 Å². The summed E-state index contributed by atoms with van der Waals surface area (Å²) in [6.07, 6.45) is 2.03. The van der Waals surface area contributed by atoms with Crippen LogP contribution in [0.5, 0.6) is 0 Å². The van der Waals surface area contributed by atoms with Crippen molar-refractivity contribution in [3.63, 3.8) is 0 Å². The first-order valence-electron chi connectivity index (χ1n) is 8.78. The molecule has 0 spiro atoms. The summed E-state index contributed by atoms with van der Waals surface area (Å²) in [4.78, 5) is 0. The van der Waals surface area contributed by atoms with E-state index in [0.717, 1.165) is 26.1 Å². The first-order valence-corrected chi connectivity index (χ1v) is 10.4. The third kappa shape index (κ3) is 21.9. The molecule has 0 heterocycles. The minimum absolute atomic E-state index is 0.285. The molecule has 0 saturated heterocycles. The maximum Gasteiger partial charge on any atom is 0.161 e. The maximum absolute atomic E-state index is 5.52. The highest BCUT2D eigenvalue weighted by molar-refractivity contribution is 6.26. The van der Waals surface area contributed by atoms with Gasteiger partial charge in [0.15, 0.2) is 9.76 Å². The Morgan fingerprint density at radius 3 is 1.42 bits per heavy atom. The van der Waals surface area contributed by atoms with Crippen LogP contribution in [0, 0.1) is 0 Å². The minimum Gasteiger partial charge on any atom is -0.427 e. The van der Waals surface area contributed by atoms with Gasteiger partial charge in [-0.2, -0.15) is 0 Å². The van der Waals surface area contributed by atoms with Crippen molar-refractivity contribution in [3.8, 4) is 0 Å². The molecule has 0 rings (SSSR count). The van der Waals surface area contributed by atoms with E-state index >= 15 is 0 Å². The van der Waals surface area contributed by atoms with Crippen LogP contribution in [0.15, 0.2) is 0 Å². The van der Waals surface area contributed by atoms with Gasteiger partial charge in [-0.15, -0.1) is 0 Å². The quantitative estimate of drug-likeness (QED) is 0.218. The molecule has 0 fully saturated rings. The predicted octanol–water partition coefficient (Wildman–Crippen LogP) is 0.645. The Balaban J connectivity index is 2.93. The third-order valence-corrected chi connectivity index (χ3v) is 4.21. The van der Waals surface area contributed by atoms with Crippen molar-refractivity contribution in [2.24, 2.45) is 0 Å². The number of hydrogen-bond acceptors (Lipinski definition) is 7. The molecule has 0 N–H and O–H groups in total. The van der Waals surface area contributed by atoms with Crippen LogP contribution in [0.25, 0.3) is 0 Å². The van der Waals surface area contributed by atoms with Crippen molar-refractivity contribution < 1.29 is 32.8 Å². The topological polar surface area (TPSA) is 64.6 Å². The molecule has 0 radical (unpaired) electrons. The van der Waals surface area contributed by atoms with Crippen molar-refractivity contribution in [2.75, 3.05) is 86.9 Å². The van der Waals surface area contributed by atoms with Gasteiger partial charge in [-0.05, 0) is 18.9 Å². The van der Waals surface area contributed by atoms with Crippen LogP contribution >= 0.6 is 0 Å². The Kier molecular flexibility index (Phi) is 22.9. The summed E-state index contributed by atoms with van der Waals surface area (Å²) in [5.74, 6) is 0. The summed E-state index contributed by atoms with van der Waals surface area (Å²) >= 11 is 0. The predicted molar refractivity (Wildman–Crippen MR) is 95.6 cm³/mol. The van der Waals surface area contributed by atoms with Gasteiger partial charge in [0.2, 0.25) is 0 Å². The van der Waals surface area contributed by atoms with E-state index in [9.17, 15) is 0 Å². The minimum atomic E-state index is -0.285. The van der Waals surface area contributed by atoms with E-state index in [1.54, 1.807) is 14.2 Å². The van der Waals surface area contributed by atoms with Gasteiger partial charge in [0.05, 0.1) is 52.9 Å². The Morgan fingerprint density at radius 2 is 0.917 bits per heavy atom. The highest BCUT2D eigenvalue weighted by Crippen LogP contribution is 1.92. The largest absolute Gasteiger partial charge is 0.427 e. The number of methoxy groups -OCH3 is 1. The van der Waals surface area contributed by atoms with Crippen LogP contribution in [0.3, 0.4) is 0 Å². The second-order valence-corrected chi connectivity index (χ2v) is 6.80. The molecule has 24 heavy (non-hydrogen) atoms. The average molecular weight is 369 g/mol. The normalized spacial score (nSPS) is 11.8. The summed E-state index contributed by atoms with van der Waals surface area (Å²) in [5.41, 5.74) is 0. The first-order chi connectivity index (χ1) is 11.9. The molecule has 0 aromatic rings. The number of ether oxygens (including phenoxy) is 6. The van der Waals surface area contributed by atoms with E-state index in [2.05, 4.69) is 0 Å². The lowest BCUT2D eigenvalue weighted by Crippen LogP contribution is -2.13. The smallest absolute Gasteiger partial charge is 0.161 e. The fourth-order valence-corrected chi connectivity index (χ4v) is 2.42. The van der Waals surface area contributed by atoms with E-state index in [-0.39, 0.29) is 9.76 Å². The first kappa shape index (κ1) is 23.9. The molecule has 0 atom stereocenters. The maximum atomic E-state index is 5.52. The van der Waals surface area contributed by atoms with Crippen molar-refractivity contribution in [1.29, 1.82) is 0 Å². The molecule has 0 unspecified atom stereocenters. The molecule has 8 heteroatoms. The van der Waals surface area contributed by atoms with Crippen LogP contribution in [-0.2, 0) is 32.8 Å². The average Bonchev–Trinajstić information content (AvgIpc) is 2.60. The molecular weight excluding hydrogens is 332 g/mol. The fourth-order valence-electron chi connectivity index (χ4n) is 1.72. The molecule has 7 nitrogen and oxygen atoms in total. The SMILES string of the molecule is COCCOCCOCCOCCOCCCOCCC[SiH2]OC. The molecule has 146 valence electrons. The van der Waals surface area contributed by atoms with Crippen molar-refractivity contribution in [2.45, 2.75) is 18.9 Å². The van der Waals surface area contributed by atoms with Crippen molar-refractivity contribution >= 4 is 9.76 Å². The molecule has 0 aliphatic heterocycles. The monoisotopic (exact) mass is 368 g/mol. The fraction of sp³-hybridized carbons (Fsp3) is 1.00. The molecule has 0 amide bonds. The zero-order valence-corrected chi connectivity index (χ0v) is 16.9. The molecule has 0 aromatic heterocycles. The molecule has 0 aliphatic carbocycles. The van der Waals surface area contributed by atoms with Crippen molar-refractivity contribution in [1.82, 2.24) is 0 Å². The highest BCUT2D eigenvalue weighted by atomic mass is 28.2. The van der Waals surface area contributed by atoms with Gasteiger partial charge >= 0.3 is 0 Å². The Hall–Kier alpha value is -0.0631. The van der Waals surface area contributed by atoms with E-state index in [4.69, 9.17) is 32.8 Å². The van der Waals surface area contributed by atoms with Crippen LogP contribution in [-0.4, -0.2) is 96.7 Å². The summed E-state index contributed by atoms with van der Waals surface area (Å²) in [5, 5.41) is 0. The lowest BCUT2D eigenvalue weighted by molar-refractivity contribution is -0.00942. The highest BCUT2D eigenvalue weighted by Gasteiger charge is 1.94. The van der Waals surface area contributed by atoms with Gasteiger partial charge in [-0.25, -0.2) is 0 Å². The van der Waals surface area contributed by atoms with Gasteiger partial charge < -0.3 is 32.8 Å². The van der Waals surface area contributed by atoms with E-state index in [1.165, 1.54) is 6.04 Å². The molecule has 0 aromatic carbocycles. The van der Waals surface area contributed by atoms with Crippen LogP contribution < -0.4 is 0 Å². The number of hydrogen-bond donors (Lipinski definition) is 0. The summed E-state index contributed by atoms with van der Waals surface area (Å²) < 4.78 is 37.0. The molecule has 0 aliphatic rings. The van der Waals surface area contributed by atoms with Crippen LogP contribution in [0.2, 0.25) is 6.04 Å². The third-order valence-electron chi connectivity index (χ3n) is 3.01. The van der Waals surface area contributed by atoms with Gasteiger partial charge in [0, 0.05) is 34.0 Å². The standard InChI is InChI=1S/C16H36O7Si/c1-17-8-9-21-12-13-23-15-14-22-11-10-20-6-3-5-19-7-4-16-24-18-2/h3-16,24H2,1-2H3. The number of rotatable bonds is 21. The zero-order valence-electron chi connectivity index (χ0n) is 15.5. The summed E-state index contributed by atoms with van der Waals surface area (Å²) in [7, 11) is 3.15. The van der Waals surface area contributed by atoms with Gasteiger partial charge in [0.25, 0.3) is 0 Å². The lowest BCUT2D eigenvalue weighted by atomic mass is 10.5. The Labute approximate surface area is 149 Å². The molecule has 0 bridgehead atoms.